The van der Waals surface area contributed by atoms with Crippen LogP contribution >= 0.6 is 0 Å². The summed E-state index contributed by atoms with van der Waals surface area (Å²) in [7, 11) is 2.26. The number of aliphatic hydroxyl groups excluding tert-OH is 1. The van der Waals surface area contributed by atoms with Crippen LogP contribution in [0.4, 0.5) is 0 Å². The van der Waals surface area contributed by atoms with Crippen LogP contribution in [0.5, 0.6) is 0 Å². The zero-order valence-electron chi connectivity index (χ0n) is 13.3. The standard InChI is InChI=1S/C17H33NO/c1-5-14-6-8-15(9-7-14)18(4)17-13(3)10-12(2)11-16(17)19/h12-17,19H,5-11H2,1-4H3. The van der Waals surface area contributed by atoms with Crippen molar-refractivity contribution >= 4 is 0 Å². The van der Waals surface area contributed by atoms with Crippen molar-refractivity contribution in [3.63, 3.8) is 0 Å². The Hall–Kier alpha value is -0.0800. The van der Waals surface area contributed by atoms with E-state index in [9.17, 15) is 5.11 Å². The molecule has 0 heterocycles. The van der Waals surface area contributed by atoms with Gasteiger partial charge in [0, 0.05) is 12.1 Å². The number of nitrogens with zero attached hydrogens (tertiary/aromatic N) is 1. The highest BCUT2D eigenvalue weighted by atomic mass is 16.3. The minimum Gasteiger partial charge on any atom is -0.391 e. The second-order valence-electron chi connectivity index (χ2n) is 7.36. The Morgan fingerprint density at radius 3 is 2.21 bits per heavy atom. The molecule has 0 bridgehead atoms. The zero-order chi connectivity index (χ0) is 14.0. The fraction of sp³-hybridized carbons (Fsp3) is 1.00. The predicted octanol–water partition coefficient (Wildman–Crippen LogP) is 3.68. The molecule has 1 N–H and O–H groups in total. The number of rotatable bonds is 3. The summed E-state index contributed by atoms with van der Waals surface area (Å²) in [5.74, 6) is 2.27. The molecule has 2 saturated carbocycles. The van der Waals surface area contributed by atoms with Crippen LogP contribution in [0.15, 0.2) is 0 Å². The Morgan fingerprint density at radius 2 is 1.68 bits per heavy atom. The molecule has 112 valence electrons. The van der Waals surface area contributed by atoms with Gasteiger partial charge in [-0.25, -0.2) is 0 Å². The third-order valence-corrected chi connectivity index (χ3v) is 5.84. The molecular formula is C17H33NO. The Labute approximate surface area is 119 Å². The number of likely N-dealkylation sites (N-methyl/N-ethyl adjacent to an activating group) is 1. The van der Waals surface area contributed by atoms with Crippen molar-refractivity contribution < 1.29 is 5.11 Å². The first-order chi connectivity index (χ1) is 9.02. The summed E-state index contributed by atoms with van der Waals surface area (Å²) in [4.78, 5) is 2.53. The molecule has 0 amide bonds. The van der Waals surface area contributed by atoms with Gasteiger partial charge in [-0.3, -0.25) is 4.90 Å². The lowest BCUT2D eigenvalue weighted by atomic mass is 9.75. The first kappa shape index (κ1) is 15.3. The molecule has 0 aromatic carbocycles. The van der Waals surface area contributed by atoms with Crippen molar-refractivity contribution in [3.8, 4) is 0 Å². The van der Waals surface area contributed by atoms with Gasteiger partial charge in [0.05, 0.1) is 6.10 Å². The van der Waals surface area contributed by atoms with E-state index < -0.39 is 0 Å². The number of aliphatic hydroxyl groups is 1. The SMILES string of the molecule is CCC1CCC(N(C)C2C(C)CC(C)CC2O)CC1. The van der Waals surface area contributed by atoms with Crippen LogP contribution in [-0.4, -0.2) is 35.2 Å². The largest absolute Gasteiger partial charge is 0.391 e. The topological polar surface area (TPSA) is 23.5 Å². The molecule has 4 atom stereocenters. The maximum absolute atomic E-state index is 10.5. The van der Waals surface area contributed by atoms with Crippen LogP contribution in [0.2, 0.25) is 0 Å². The van der Waals surface area contributed by atoms with Crippen LogP contribution in [0.3, 0.4) is 0 Å². The van der Waals surface area contributed by atoms with Crippen molar-refractivity contribution in [2.24, 2.45) is 17.8 Å². The summed E-state index contributed by atoms with van der Waals surface area (Å²) in [6.07, 6.45) is 8.93. The molecular weight excluding hydrogens is 234 g/mol. The second kappa shape index (κ2) is 6.58. The van der Waals surface area contributed by atoms with Gasteiger partial charge in [-0.05, 0) is 63.3 Å². The van der Waals surface area contributed by atoms with Gasteiger partial charge in [0.25, 0.3) is 0 Å². The molecule has 2 rings (SSSR count). The third-order valence-electron chi connectivity index (χ3n) is 5.84. The van der Waals surface area contributed by atoms with Crippen molar-refractivity contribution in [2.75, 3.05) is 7.05 Å². The maximum atomic E-state index is 10.5. The van der Waals surface area contributed by atoms with Crippen molar-refractivity contribution in [1.82, 2.24) is 4.90 Å². The van der Waals surface area contributed by atoms with E-state index in [0.29, 0.717) is 23.9 Å². The van der Waals surface area contributed by atoms with Crippen molar-refractivity contribution in [2.45, 2.75) is 83.9 Å². The summed E-state index contributed by atoms with van der Waals surface area (Å²) in [6, 6.07) is 1.10. The van der Waals surface area contributed by atoms with Gasteiger partial charge in [-0.1, -0.05) is 27.2 Å². The predicted molar refractivity (Wildman–Crippen MR) is 81.2 cm³/mol. The molecule has 4 unspecified atom stereocenters. The lowest BCUT2D eigenvalue weighted by molar-refractivity contribution is -0.0378. The highest BCUT2D eigenvalue weighted by molar-refractivity contribution is 4.92. The van der Waals surface area contributed by atoms with Crippen molar-refractivity contribution in [3.05, 3.63) is 0 Å². The number of hydrogen-bond acceptors (Lipinski definition) is 2. The molecule has 2 nitrogen and oxygen atoms in total. The van der Waals surface area contributed by atoms with Crippen LogP contribution in [0.1, 0.15) is 65.7 Å². The van der Waals surface area contributed by atoms with E-state index in [1.54, 1.807) is 0 Å². The molecule has 2 heteroatoms. The summed E-state index contributed by atoms with van der Waals surface area (Å²) in [5.41, 5.74) is 0. The average Bonchev–Trinajstić information content (AvgIpc) is 2.37. The molecule has 2 fully saturated rings. The lowest BCUT2D eigenvalue weighted by Crippen LogP contribution is -2.53. The fourth-order valence-electron chi connectivity index (χ4n) is 4.68. The van der Waals surface area contributed by atoms with E-state index >= 15 is 0 Å². The van der Waals surface area contributed by atoms with Gasteiger partial charge in [0.15, 0.2) is 0 Å². The first-order valence-corrected chi connectivity index (χ1v) is 8.42. The quantitative estimate of drug-likeness (QED) is 0.843. The summed E-state index contributed by atoms with van der Waals surface area (Å²) >= 11 is 0. The zero-order valence-corrected chi connectivity index (χ0v) is 13.3. The fourth-order valence-corrected chi connectivity index (χ4v) is 4.68. The molecule has 0 aromatic heterocycles. The van der Waals surface area contributed by atoms with Gasteiger partial charge >= 0.3 is 0 Å². The molecule has 0 saturated heterocycles. The van der Waals surface area contributed by atoms with E-state index in [1.165, 1.54) is 38.5 Å². The van der Waals surface area contributed by atoms with Crippen LogP contribution in [0, 0.1) is 17.8 Å². The maximum Gasteiger partial charge on any atom is 0.0700 e. The molecule has 0 radical (unpaired) electrons. The first-order valence-electron chi connectivity index (χ1n) is 8.42. The summed E-state index contributed by atoms with van der Waals surface area (Å²) in [5, 5.41) is 10.5. The van der Waals surface area contributed by atoms with E-state index in [-0.39, 0.29) is 6.10 Å². The van der Waals surface area contributed by atoms with E-state index in [4.69, 9.17) is 0 Å². The van der Waals surface area contributed by atoms with Crippen molar-refractivity contribution in [1.29, 1.82) is 0 Å². The van der Waals surface area contributed by atoms with E-state index in [1.807, 2.05) is 0 Å². The smallest absolute Gasteiger partial charge is 0.0700 e. The molecule has 0 spiro atoms. The van der Waals surface area contributed by atoms with Gasteiger partial charge < -0.3 is 5.11 Å². The number of hydrogen-bond donors (Lipinski definition) is 1. The molecule has 2 aliphatic rings. The molecule has 2 aliphatic carbocycles. The van der Waals surface area contributed by atoms with Gasteiger partial charge in [0.1, 0.15) is 0 Å². The second-order valence-corrected chi connectivity index (χ2v) is 7.36. The average molecular weight is 267 g/mol. The highest BCUT2D eigenvalue weighted by Crippen LogP contribution is 2.36. The van der Waals surface area contributed by atoms with Crippen LogP contribution in [0.25, 0.3) is 0 Å². The van der Waals surface area contributed by atoms with E-state index in [2.05, 4.69) is 32.7 Å². The lowest BCUT2D eigenvalue weighted by Gasteiger charge is -2.46. The Bertz CT molecular complexity index is 260. The minimum absolute atomic E-state index is 0.118. The Balaban J connectivity index is 1.93. The van der Waals surface area contributed by atoms with Gasteiger partial charge in [-0.2, -0.15) is 0 Å². The monoisotopic (exact) mass is 267 g/mol. The van der Waals surface area contributed by atoms with Crippen LogP contribution in [-0.2, 0) is 0 Å². The van der Waals surface area contributed by atoms with Gasteiger partial charge in [-0.15, -0.1) is 0 Å². The van der Waals surface area contributed by atoms with Gasteiger partial charge in [0.2, 0.25) is 0 Å². The Morgan fingerprint density at radius 1 is 1.05 bits per heavy atom. The molecule has 0 aromatic rings. The van der Waals surface area contributed by atoms with E-state index in [0.717, 1.165) is 12.3 Å². The summed E-state index contributed by atoms with van der Waals surface area (Å²) < 4.78 is 0. The highest BCUT2D eigenvalue weighted by Gasteiger charge is 2.38. The Kier molecular flexibility index (Phi) is 5.30. The molecule has 19 heavy (non-hydrogen) atoms. The minimum atomic E-state index is -0.118. The molecule has 0 aliphatic heterocycles. The summed E-state index contributed by atoms with van der Waals surface area (Å²) in [6.45, 7) is 6.93. The third kappa shape index (κ3) is 3.52. The van der Waals surface area contributed by atoms with Crippen LogP contribution < -0.4 is 0 Å². The normalized spacial score (nSPS) is 44.5.